The van der Waals surface area contributed by atoms with Gasteiger partial charge in [0.05, 0.1) is 5.69 Å². The third-order valence-corrected chi connectivity index (χ3v) is 5.37. The molecule has 1 aromatic heterocycles. The van der Waals surface area contributed by atoms with Gasteiger partial charge in [0.15, 0.2) is 0 Å². The summed E-state index contributed by atoms with van der Waals surface area (Å²) in [6, 6.07) is 7.98. The Kier molecular flexibility index (Phi) is 4.71. The van der Waals surface area contributed by atoms with Crippen LogP contribution in [0.5, 0.6) is 5.75 Å². The summed E-state index contributed by atoms with van der Waals surface area (Å²) in [7, 11) is 0. The number of benzene rings is 1. The van der Waals surface area contributed by atoms with Gasteiger partial charge < -0.3 is 9.64 Å². The minimum absolute atomic E-state index is 0.214. The van der Waals surface area contributed by atoms with Gasteiger partial charge in [0.1, 0.15) is 11.3 Å². The third kappa shape index (κ3) is 3.59. The van der Waals surface area contributed by atoms with Gasteiger partial charge in [-0.2, -0.15) is 0 Å². The second-order valence-corrected chi connectivity index (χ2v) is 7.83. The lowest BCUT2D eigenvalue weighted by Crippen LogP contribution is -2.36. The van der Waals surface area contributed by atoms with E-state index in [1.807, 2.05) is 26.0 Å². The Morgan fingerprint density at radius 2 is 1.80 bits per heavy atom. The molecule has 2 fully saturated rings. The number of ether oxygens (including phenoxy) is 1. The molecule has 3 amide bonds. The lowest BCUT2D eigenvalue weighted by Gasteiger charge is -2.21. The molecule has 0 unspecified atom stereocenters. The first-order chi connectivity index (χ1) is 14.1. The monoisotopic (exact) mass is 419 g/mol. The van der Waals surface area contributed by atoms with E-state index in [4.69, 9.17) is 0 Å². The predicted octanol–water partition coefficient (Wildman–Crippen LogP) is 4.61. The highest BCUT2D eigenvalue weighted by atomic mass is 19.4. The van der Waals surface area contributed by atoms with Crippen molar-refractivity contribution >= 4 is 17.6 Å². The molecule has 2 aliphatic rings. The summed E-state index contributed by atoms with van der Waals surface area (Å²) < 4.78 is 40.9. The smallest absolute Gasteiger partial charge is 0.406 e. The summed E-state index contributed by atoms with van der Waals surface area (Å²) in [6.45, 7) is 4.30. The number of imide groups is 1. The first kappa shape index (κ1) is 20.2. The molecule has 30 heavy (non-hydrogen) atoms. The molecule has 1 aliphatic heterocycles. The van der Waals surface area contributed by atoms with Crippen molar-refractivity contribution in [1.29, 1.82) is 0 Å². The number of hydrogen-bond donors (Lipinski definition) is 0. The molecule has 2 heterocycles. The van der Waals surface area contributed by atoms with Crippen LogP contribution in [0.3, 0.4) is 0 Å². The molecule has 1 saturated heterocycles. The highest BCUT2D eigenvalue weighted by Gasteiger charge is 2.65. The van der Waals surface area contributed by atoms with Crippen molar-refractivity contribution in [3.63, 3.8) is 0 Å². The zero-order chi connectivity index (χ0) is 21.7. The number of urea groups is 1. The van der Waals surface area contributed by atoms with Crippen molar-refractivity contribution in [2.45, 2.75) is 51.1 Å². The number of carbonyl (C=O) groups is 2. The topological polar surface area (TPSA) is 62.7 Å². The van der Waals surface area contributed by atoms with Crippen LogP contribution in [0.2, 0.25) is 0 Å². The number of aromatic nitrogens is 1. The van der Waals surface area contributed by atoms with Crippen molar-refractivity contribution in [1.82, 2.24) is 9.88 Å². The number of rotatable bonds is 5. The number of alkyl halides is 3. The van der Waals surface area contributed by atoms with E-state index in [-0.39, 0.29) is 24.1 Å². The van der Waals surface area contributed by atoms with Gasteiger partial charge in [-0.3, -0.25) is 9.78 Å². The van der Waals surface area contributed by atoms with E-state index < -0.39 is 23.7 Å². The number of halogens is 3. The molecule has 158 valence electrons. The van der Waals surface area contributed by atoms with Crippen LogP contribution in [0.4, 0.5) is 23.7 Å². The van der Waals surface area contributed by atoms with E-state index in [9.17, 15) is 22.8 Å². The van der Waals surface area contributed by atoms with E-state index in [1.165, 1.54) is 12.1 Å². The van der Waals surface area contributed by atoms with Gasteiger partial charge in [0.25, 0.3) is 5.91 Å². The number of anilines is 1. The maximum Gasteiger partial charge on any atom is 0.573 e. The van der Waals surface area contributed by atoms with E-state index in [1.54, 1.807) is 11.1 Å². The van der Waals surface area contributed by atoms with E-state index in [0.717, 1.165) is 28.3 Å². The van der Waals surface area contributed by atoms with Crippen LogP contribution < -0.4 is 9.64 Å². The predicted molar refractivity (Wildman–Crippen MR) is 102 cm³/mol. The lowest BCUT2D eigenvalue weighted by atomic mass is 10.1. The van der Waals surface area contributed by atoms with Gasteiger partial charge in [0.2, 0.25) is 0 Å². The van der Waals surface area contributed by atoms with E-state index in [2.05, 4.69) is 9.72 Å². The van der Waals surface area contributed by atoms with Crippen LogP contribution in [-0.2, 0) is 11.3 Å². The van der Waals surface area contributed by atoms with Gasteiger partial charge in [-0.25, -0.2) is 9.69 Å². The zero-order valence-corrected chi connectivity index (χ0v) is 16.4. The van der Waals surface area contributed by atoms with E-state index >= 15 is 0 Å². The fraction of sp³-hybridized carbons (Fsp3) is 0.381. The van der Waals surface area contributed by atoms with Crippen molar-refractivity contribution in [2.24, 2.45) is 0 Å². The lowest BCUT2D eigenvalue weighted by molar-refractivity contribution is -0.274. The Balaban J connectivity index is 1.58. The maximum atomic E-state index is 13.1. The van der Waals surface area contributed by atoms with Crippen molar-refractivity contribution in [3.05, 3.63) is 53.9 Å². The molecule has 6 nitrogen and oxygen atoms in total. The fourth-order valence-electron chi connectivity index (χ4n) is 3.65. The first-order valence-electron chi connectivity index (χ1n) is 9.57. The summed E-state index contributed by atoms with van der Waals surface area (Å²) in [5.41, 5.74) is 1.11. The molecule has 0 N–H and O–H groups in total. The Morgan fingerprint density at radius 1 is 1.13 bits per heavy atom. The number of pyridine rings is 1. The van der Waals surface area contributed by atoms with Crippen LogP contribution in [0.1, 0.15) is 43.9 Å². The Bertz CT molecular complexity index is 985. The van der Waals surface area contributed by atoms with Crippen molar-refractivity contribution < 1.29 is 27.5 Å². The zero-order valence-electron chi connectivity index (χ0n) is 16.4. The molecule has 1 saturated carbocycles. The molecule has 2 aromatic rings. The Morgan fingerprint density at radius 3 is 2.37 bits per heavy atom. The quantitative estimate of drug-likeness (QED) is 0.665. The molecule has 0 bridgehead atoms. The molecule has 1 aromatic carbocycles. The molecule has 1 spiro atoms. The van der Waals surface area contributed by atoms with Crippen LogP contribution in [0.25, 0.3) is 0 Å². The molecular formula is C21H20F3N3O3. The van der Waals surface area contributed by atoms with Crippen LogP contribution in [0, 0.1) is 0 Å². The summed E-state index contributed by atoms with van der Waals surface area (Å²) in [4.78, 5) is 33.1. The van der Waals surface area contributed by atoms with Gasteiger partial charge >= 0.3 is 12.4 Å². The Labute approximate surface area is 171 Å². The minimum atomic E-state index is -4.81. The second-order valence-electron chi connectivity index (χ2n) is 7.83. The van der Waals surface area contributed by atoms with Crippen LogP contribution in [-0.4, -0.2) is 33.7 Å². The van der Waals surface area contributed by atoms with Gasteiger partial charge in [-0.05, 0) is 60.7 Å². The fourth-order valence-corrected chi connectivity index (χ4v) is 3.65. The molecule has 0 radical (unpaired) electrons. The van der Waals surface area contributed by atoms with Gasteiger partial charge in [-0.1, -0.05) is 13.8 Å². The maximum absolute atomic E-state index is 13.1. The Hall–Kier alpha value is -3.10. The minimum Gasteiger partial charge on any atom is -0.406 e. The van der Waals surface area contributed by atoms with Crippen LogP contribution in [0.15, 0.2) is 42.6 Å². The standard InChI is InChI=1S/C21H20F3N3O3/c1-13(2)17-11-14(7-10-25-17)12-26-19(29)27(18(28)20(26)8-9-20)15-3-5-16(6-4-15)30-21(22,23)24/h3-7,10-11,13H,8-9,12H2,1-2H3. The average molecular weight is 419 g/mol. The van der Waals surface area contributed by atoms with Crippen LogP contribution >= 0.6 is 0 Å². The number of hydrogen-bond acceptors (Lipinski definition) is 4. The van der Waals surface area contributed by atoms with Crippen molar-refractivity contribution in [3.8, 4) is 5.75 Å². The van der Waals surface area contributed by atoms with Gasteiger partial charge in [-0.15, -0.1) is 13.2 Å². The largest absolute Gasteiger partial charge is 0.573 e. The molecular weight excluding hydrogens is 399 g/mol. The first-order valence-corrected chi connectivity index (χ1v) is 9.57. The average Bonchev–Trinajstić information content (AvgIpc) is 3.45. The molecule has 0 atom stereocenters. The number of nitrogens with zero attached hydrogens (tertiary/aromatic N) is 3. The summed E-state index contributed by atoms with van der Waals surface area (Å²) >= 11 is 0. The molecule has 1 aliphatic carbocycles. The highest BCUT2D eigenvalue weighted by molar-refractivity contribution is 6.24. The SMILES string of the molecule is CC(C)c1cc(CN2C(=O)N(c3ccc(OC(F)(F)F)cc3)C(=O)C23CC3)ccn1. The summed E-state index contributed by atoms with van der Waals surface area (Å²) in [5, 5.41) is 0. The third-order valence-electron chi connectivity index (χ3n) is 5.37. The second kappa shape index (κ2) is 7.00. The summed E-state index contributed by atoms with van der Waals surface area (Å²) in [5.74, 6) is -0.541. The van der Waals surface area contributed by atoms with E-state index in [0.29, 0.717) is 12.8 Å². The number of carbonyl (C=O) groups excluding carboxylic acids is 2. The molecule has 9 heteroatoms. The highest BCUT2D eigenvalue weighted by Crippen LogP contribution is 2.49. The normalized spacial score (nSPS) is 17.9. The van der Waals surface area contributed by atoms with Gasteiger partial charge in [0, 0.05) is 18.4 Å². The number of amides is 3. The van der Waals surface area contributed by atoms with Crippen molar-refractivity contribution in [2.75, 3.05) is 4.90 Å². The summed E-state index contributed by atoms with van der Waals surface area (Å²) in [6.07, 6.45) is -2.00. The molecule has 4 rings (SSSR count).